The number of imidazole rings is 1. The van der Waals surface area contributed by atoms with Gasteiger partial charge in [-0.25, -0.2) is 9.97 Å². The second-order valence-electron chi connectivity index (χ2n) is 12.6. The molecule has 0 aliphatic heterocycles. The second-order valence-corrected chi connectivity index (χ2v) is 12.6. The van der Waals surface area contributed by atoms with Gasteiger partial charge in [0.2, 0.25) is 0 Å². The van der Waals surface area contributed by atoms with Gasteiger partial charge in [0, 0.05) is 33.0 Å². The highest BCUT2D eigenvalue weighted by Crippen LogP contribution is 2.43. The second kappa shape index (κ2) is 11.0. The first-order valence-electron chi connectivity index (χ1n) is 16.7. The molecule has 3 heteroatoms. The maximum atomic E-state index is 5.39. The fraction of sp³-hybridized carbons (Fsp3) is 0. The Morgan fingerprint density at radius 1 is 0.347 bits per heavy atom. The average Bonchev–Trinajstić information content (AvgIpc) is 3.58. The van der Waals surface area contributed by atoms with Crippen molar-refractivity contribution in [3.05, 3.63) is 176 Å². The molecule has 0 aliphatic rings. The maximum Gasteiger partial charge on any atom is 0.145 e. The first-order chi connectivity index (χ1) is 24.3. The molecule has 2 aromatic heterocycles. The van der Waals surface area contributed by atoms with Gasteiger partial charge in [-0.2, -0.15) is 0 Å². The predicted octanol–water partition coefficient (Wildman–Crippen LogP) is 12.0. The number of para-hydroxylation sites is 3. The highest BCUT2D eigenvalue weighted by Gasteiger charge is 2.18. The Hall–Kier alpha value is -6.58. The summed E-state index contributed by atoms with van der Waals surface area (Å²) in [5, 5.41) is 8.60. The van der Waals surface area contributed by atoms with Crippen LogP contribution in [0.5, 0.6) is 0 Å². The standard InChI is InChI=1S/C46H29N3/c1-2-14-30(15-3-1)46-48-41-26-10-11-27-42(41)49(46)34-19-13-17-32(29-34)31-16-12-18-33(28-31)45-44-38-23-7-5-21-36(38)35-20-4-6-22-37(35)43(44)39-24-8-9-25-40(39)47-45/h1-29H. The lowest BCUT2D eigenvalue weighted by molar-refractivity contribution is 1.10. The van der Waals surface area contributed by atoms with Crippen molar-refractivity contribution in [3.63, 3.8) is 0 Å². The van der Waals surface area contributed by atoms with Crippen LogP contribution in [-0.2, 0) is 0 Å². The van der Waals surface area contributed by atoms with E-state index in [0.717, 1.165) is 56.0 Å². The van der Waals surface area contributed by atoms with Gasteiger partial charge in [-0.1, -0.05) is 140 Å². The van der Waals surface area contributed by atoms with Gasteiger partial charge < -0.3 is 0 Å². The van der Waals surface area contributed by atoms with Crippen molar-refractivity contribution < 1.29 is 0 Å². The van der Waals surface area contributed by atoms with Crippen LogP contribution < -0.4 is 0 Å². The van der Waals surface area contributed by atoms with Crippen LogP contribution in [0.25, 0.3) is 93.7 Å². The summed E-state index contributed by atoms with van der Waals surface area (Å²) in [6.45, 7) is 0. The molecule has 10 rings (SSSR count). The Balaban J connectivity index is 1.20. The minimum absolute atomic E-state index is 0.929. The fourth-order valence-electron chi connectivity index (χ4n) is 7.57. The van der Waals surface area contributed by atoms with Crippen molar-refractivity contribution >= 4 is 54.3 Å². The van der Waals surface area contributed by atoms with Crippen LogP contribution in [0.4, 0.5) is 0 Å². The minimum Gasteiger partial charge on any atom is -0.292 e. The van der Waals surface area contributed by atoms with Crippen molar-refractivity contribution in [1.82, 2.24) is 14.5 Å². The smallest absolute Gasteiger partial charge is 0.145 e. The van der Waals surface area contributed by atoms with Crippen LogP contribution in [-0.4, -0.2) is 14.5 Å². The SMILES string of the molecule is c1ccc(-c2nc3ccccc3n2-c2cccc(-c3cccc(-c4nc5ccccc5c5c6ccccc6c6ccccc6c45)c3)c2)cc1. The van der Waals surface area contributed by atoms with Crippen LogP contribution in [0.3, 0.4) is 0 Å². The van der Waals surface area contributed by atoms with Crippen molar-refractivity contribution in [3.8, 4) is 39.5 Å². The lowest BCUT2D eigenvalue weighted by Crippen LogP contribution is -1.98. The number of hydrogen-bond donors (Lipinski definition) is 0. The minimum atomic E-state index is 0.929. The number of benzene rings is 8. The lowest BCUT2D eigenvalue weighted by atomic mass is 9.89. The van der Waals surface area contributed by atoms with E-state index in [9.17, 15) is 0 Å². The number of pyridine rings is 1. The van der Waals surface area contributed by atoms with E-state index in [1.54, 1.807) is 0 Å². The predicted molar refractivity (Wildman–Crippen MR) is 205 cm³/mol. The molecule has 10 aromatic rings. The summed E-state index contributed by atoms with van der Waals surface area (Å²) in [6, 6.07) is 62.5. The molecule has 0 N–H and O–H groups in total. The summed E-state index contributed by atoms with van der Waals surface area (Å²) >= 11 is 0. The van der Waals surface area contributed by atoms with Crippen LogP contribution in [0, 0.1) is 0 Å². The molecule has 49 heavy (non-hydrogen) atoms. The molecule has 0 saturated heterocycles. The molecule has 0 atom stereocenters. The molecule has 0 fully saturated rings. The Morgan fingerprint density at radius 2 is 0.898 bits per heavy atom. The third-order valence-corrected chi connectivity index (χ3v) is 9.74. The van der Waals surface area contributed by atoms with E-state index in [2.05, 4.69) is 168 Å². The molecule has 0 spiro atoms. The zero-order chi connectivity index (χ0) is 32.3. The van der Waals surface area contributed by atoms with E-state index in [0.29, 0.717) is 0 Å². The van der Waals surface area contributed by atoms with Gasteiger partial charge in [-0.3, -0.25) is 4.57 Å². The molecule has 0 radical (unpaired) electrons. The van der Waals surface area contributed by atoms with Crippen LogP contribution in [0.15, 0.2) is 176 Å². The van der Waals surface area contributed by atoms with Gasteiger partial charge in [-0.05, 0) is 69.1 Å². The van der Waals surface area contributed by atoms with E-state index in [4.69, 9.17) is 9.97 Å². The molecular formula is C46H29N3. The van der Waals surface area contributed by atoms with Gasteiger partial charge >= 0.3 is 0 Å². The summed E-state index contributed by atoms with van der Waals surface area (Å²) in [7, 11) is 0. The first-order valence-corrected chi connectivity index (χ1v) is 16.7. The maximum absolute atomic E-state index is 5.39. The third kappa shape index (κ3) is 4.37. The fourth-order valence-corrected chi connectivity index (χ4v) is 7.57. The van der Waals surface area contributed by atoms with Crippen molar-refractivity contribution in [2.45, 2.75) is 0 Å². The van der Waals surface area contributed by atoms with Crippen molar-refractivity contribution in [2.75, 3.05) is 0 Å². The summed E-state index contributed by atoms with van der Waals surface area (Å²) < 4.78 is 2.27. The van der Waals surface area contributed by atoms with E-state index < -0.39 is 0 Å². The molecule has 0 amide bonds. The van der Waals surface area contributed by atoms with Gasteiger partial charge in [0.15, 0.2) is 0 Å². The summed E-state index contributed by atoms with van der Waals surface area (Å²) in [6.07, 6.45) is 0. The zero-order valence-electron chi connectivity index (χ0n) is 26.6. The molecule has 0 aliphatic carbocycles. The normalized spacial score (nSPS) is 11.7. The largest absolute Gasteiger partial charge is 0.292 e. The van der Waals surface area contributed by atoms with E-state index in [1.807, 2.05) is 12.1 Å². The van der Waals surface area contributed by atoms with Crippen LogP contribution in [0.2, 0.25) is 0 Å². The number of rotatable bonds is 4. The number of nitrogens with zero attached hydrogens (tertiary/aromatic N) is 3. The first kappa shape index (κ1) is 27.5. The highest BCUT2D eigenvalue weighted by atomic mass is 15.1. The third-order valence-electron chi connectivity index (χ3n) is 9.74. The van der Waals surface area contributed by atoms with Gasteiger partial charge in [0.1, 0.15) is 5.82 Å². The summed E-state index contributed by atoms with van der Waals surface area (Å²) in [5.74, 6) is 0.929. The summed E-state index contributed by atoms with van der Waals surface area (Å²) in [5.41, 5.74) is 9.58. The Morgan fingerprint density at radius 3 is 1.67 bits per heavy atom. The molecule has 3 nitrogen and oxygen atoms in total. The zero-order valence-corrected chi connectivity index (χ0v) is 26.6. The number of hydrogen-bond acceptors (Lipinski definition) is 2. The van der Waals surface area contributed by atoms with E-state index in [-0.39, 0.29) is 0 Å². The Bertz CT molecular complexity index is 2880. The van der Waals surface area contributed by atoms with Crippen molar-refractivity contribution in [2.24, 2.45) is 0 Å². The van der Waals surface area contributed by atoms with Crippen LogP contribution >= 0.6 is 0 Å². The van der Waals surface area contributed by atoms with E-state index >= 15 is 0 Å². The van der Waals surface area contributed by atoms with Gasteiger partial charge in [-0.15, -0.1) is 0 Å². The number of fused-ring (bicyclic) bond motifs is 9. The molecule has 228 valence electrons. The lowest BCUT2D eigenvalue weighted by Gasteiger charge is -2.17. The molecule has 0 unspecified atom stereocenters. The molecular weight excluding hydrogens is 595 g/mol. The van der Waals surface area contributed by atoms with Gasteiger partial charge in [0.25, 0.3) is 0 Å². The topological polar surface area (TPSA) is 30.7 Å². The molecule has 0 bridgehead atoms. The van der Waals surface area contributed by atoms with Gasteiger partial charge in [0.05, 0.1) is 22.2 Å². The monoisotopic (exact) mass is 623 g/mol. The molecule has 2 heterocycles. The summed E-state index contributed by atoms with van der Waals surface area (Å²) in [4.78, 5) is 10.5. The van der Waals surface area contributed by atoms with Crippen molar-refractivity contribution in [1.29, 1.82) is 0 Å². The Labute approximate surface area is 283 Å². The van der Waals surface area contributed by atoms with Crippen LogP contribution in [0.1, 0.15) is 0 Å². The van der Waals surface area contributed by atoms with E-state index in [1.165, 1.54) is 37.7 Å². The molecule has 8 aromatic carbocycles. The Kier molecular flexibility index (Phi) is 6.18. The molecule has 0 saturated carbocycles. The quantitative estimate of drug-likeness (QED) is 0.183. The highest BCUT2D eigenvalue weighted by molar-refractivity contribution is 6.33. The average molecular weight is 624 g/mol. The number of aromatic nitrogens is 3.